The minimum absolute atomic E-state index is 0.0240. The average molecular weight is 431 g/mol. The molecule has 1 atom stereocenters. The predicted molar refractivity (Wildman–Crippen MR) is 113 cm³/mol. The molecule has 0 radical (unpaired) electrons. The van der Waals surface area contributed by atoms with Gasteiger partial charge in [-0.1, -0.05) is 18.9 Å². The summed E-state index contributed by atoms with van der Waals surface area (Å²) >= 11 is 0. The van der Waals surface area contributed by atoms with Crippen molar-refractivity contribution in [1.82, 2.24) is 4.31 Å². The number of carboxylic acid groups (broad SMARTS) is 1. The van der Waals surface area contributed by atoms with Gasteiger partial charge in [-0.2, -0.15) is 4.31 Å². The fourth-order valence-corrected chi connectivity index (χ4v) is 5.69. The number of fused-ring (bicyclic) bond motifs is 1. The molecule has 4 rings (SSSR count). The number of carbonyl (C=O) groups is 1. The molecule has 0 aliphatic carbocycles. The molecule has 0 spiro atoms. The van der Waals surface area contributed by atoms with Crippen LogP contribution < -0.4 is 10.5 Å². The summed E-state index contributed by atoms with van der Waals surface area (Å²) in [6.45, 7) is 1.34. The fraction of sp³-hybridized carbons (Fsp3) is 0.409. The van der Waals surface area contributed by atoms with Crippen LogP contribution in [0.5, 0.6) is 5.75 Å². The molecule has 0 amide bonds. The SMILES string of the molecule is NCC1Cc2cc(-c3cc(C(=O)O)cc(S(=O)(=O)N4CCCCCC4)c3)ccc2O1. The van der Waals surface area contributed by atoms with E-state index in [1.165, 1.54) is 16.4 Å². The van der Waals surface area contributed by atoms with E-state index in [1.54, 1.807) is 6.07 Å². The van der Waals surface area contributed by atoms with Gasteiger partial charge in [-0.15, -0.1) is 0 Å². The Balaban J connectivity index is 1.75. The third kappa shape index (κ3) is 4.08. The van der Waals surface area contributed by atoms with Crippen LogP contribution in [-0.2, 0) is 16.4 Å². The molecule has 0 saturated carbocycles. The largest absolute Gasteiger partial charge is 0.488 e. The lowest BCUT2D eigenvalue weighted by Gasteiger charge is -2.20. The standard InChI is InChI=1S/C22H26N2O5S/c23-14-19-11-17-9-15(5-6-21(17)29-19)16-10-18(22(25)26)13-20(12-16)30(27,28)24-7-3-1-2-4-8-24/h5-6,9-10,12-13,19H,1-4,7-8,11,14,23H2,(H,25,26). The van der Waals surface area contributed by atoms with E-state index < -0.39 is 16.0 Å². The topological polar surface area (TPSA) is 110 Å². The first-order valence-corrected chi connectivity index (χ1v) is 11.7. The van der Waals surface area contributed by atoms with Crippen LogP contribution in [0.2, 0.25) is 0 Å². The van der Waals surface area contributed by atoms with Crippen LogP contribution in [0.3, 0.4) is 0 Å². The number of benzene rings is 2. The van der Waals surface area contributed by atoms with Gasteiger partial charge in [0, 0.05) is 26.1 Å². The molecule has 2 aromatic carbocycles. The van der Waals surface area contributed by atoms with Crippen molar-refractivity contribution in [3.8, 4) is 16.9 Å². The van der Waals surface area contributed by atoms with Gasteiger partial charge in [0.15, 0.2) is 0 Å². The molecule has 1 saturated heterocycles. The number of hydrogen-bond donors (Lipinski definition) is 2. The quantitative estimate of drug-likeness (QED) is 0.755. The van der Waals surface area contributed by atoms with Gasteiger partial charge in [0.25, 0.3) is 0 Å². The zero-order chi connectivity index (χ0) is 21.3. The van der Waals surface area contributed by atoms with Gasteiger partial charge in [-0.05, 0) is 59.9 Å². The van der Waals surface area contributed by atoms with Crippen LogP contribution in [0, 0.1) is 0 Å². The Labute approximate surface area is 176 Å². The van der Waals surface area contributed by atoms with Crippen molar-refractivity contribution in [2.75, 3.05) is 19.6 Å². The molecule has 8 heteroatoms. The van der Waals surface area contributed by atoms with Crippen molar-refractivity contribution < 1.29 is 23.1 Å². The second-order valence-corrected chi connectivity index (χ2v) is 9.81. The summed E-state index contributed by atoms with van der Waals surface area (Å²) in [6, 6.07) is 9.92. The first-order valence-electron chi connectivity index (χ1n) is 10.3. The minimum Gasteiger partial charge on any atom is -0.488 e. The highest BCUT2D eigenvalue weighted by molar-refractivity contribution is 7.89. The van der Waals surface area contributed by atoms with Gasteiger partial charge < -0.3 is 15.6 Å². The van der Waals surface area contributed by atoms with E-state index >= 15 is 0 Å². The number of aromatic carboxylic acids is 1. The first kappa shape index (κ1) is 20.8. The fourth-order valence-electron chi connectivity index (χ4n) is 4.10. The maximum atomic E-state index is 13.3. The van der Waals surface area contributed by atoms with E-state index in [0.29, 0.717) is 31.6 Å². The van der Waals surface area contributed by atoms with E-state index in [4.69, 9.17) is 10.5 Å². The Bertz CT molecular complexity index is 1060. The summed E-state index contributed by atoms with van der Waals surface area (Å²) in [4.78, 5) is 11.7. The Kier molecular flexibility index (Phi) is 5.81. The predicted octanol–water partition coefficient (Wildman–Crippen LogP) is 2.88. The summed E-state index contributed by atoms with van der Waals surface area (Å²) in [6.07, 6.45) is 4.26. The number of sulfonamides is 1. The maximum absolute atomic E-state index is 13.3. The van der Waals surface area contributed by atoms with Gasteiger partial charge in [0.1, 0.15) is 11.9 Å². The van der Waals surface area contributed by atoms with Crippen LogP contribution in [0.4, 0.5) is 0 Å². The van der Waals surface area contributed by atoms with E-state index in [9.17, 15) is 18.3 Å². The number of rotatable bonds is 5. The molecule has 2 aromatic rings. The van der Waals surface area contributed by atoms with Crippen molar-refractivity contribution in [2.45, 2.75) is 43.1 Å². The number of nitrogens with two attached hydrogens (primary N) is 1. The zero-order valence-electron chi connectivity index (χ0n) is 16.7. The van der Waals surface area contributed by atoms with Crippen molar-refractivity contribution in [2.24, 2.45) is 5.73 Å². The molecular formula is C22H26N2O5S. The van der Waals surface area contributed by atoms with Crippen LogP contribution in [0.1, 0.15) is 41.6 Å². The first-order chi connectivity index (χ1) is 14.4. The monoisotopic (exact) mass is 430 g/mol. The summed E-state index contributed by atoms with van der Waals surface area (Å²) in [7, 11) is -3.77. The van der Waals surface area contributed by atoms with E-state index in [2.05, 4.69) is 0 Å². The molecule has 7 nitrogen and oxygen atoms in total. The Hall–Kier alpha value is -2.42. The third-order valence-electron chi connectivity index (χ3n) is 5.75. The second kappa shape index (κ2) is 8.37. The third-order valence-corrected chi connectivity index (χ3v) is 7.63. The Morgan fingerprint density at radius 3 is 2.47 bits per heavy atom. The summed E-state index contributed by atoms with van der Waals surface area (Å²) in [5.41, 5.74) is 7.96. The molecule has 30 heavy (non-hydrogen) atoms. The highest BCUT2D eigenvalue weighted by Crippen LogP contribution is 2.34. The van der Waals surface area contributed by atoms with Gasteiger partial charge in [-0.3, -0.25) is 0 Å². The molecule has 2 aliphatic rings. The van der Waals surface area contributed by atoms with Crippen LogP contribution in [0.15, 0.2) is 41.3 Å². The maximum Gasteiger partial charge on any atom is 0.335 e. The Morgan fingerprint density at radius 2 is 1.80 bits per heavy atom. The highest BCUT2D eigenvalue weighted by Gasteiger charge is 2.27. The van der Waals surface area contributed by atoms with Gasteiger partial charge in [0.05, 0.1) is 10.5 Å². The molecule has 1 fully saturated rings. The minimum atomic E-state index is -3.77. The molecule has 2 aliphatic heterocycles. The number of ether oxygens (including phenoxy) is 1. The van der Waals surface area contributed by atoms with E-state index in [0.717, 1.165) is 42.6 Å². The van der Waals surface area contributed by atoms with E-state index in [-0.39, 0.29) is 16.6 Å². The van der Waals surface area contributed by atoms with Crippen molar-refractivity contribution in [3.05, 3.63) is 47.5 Å². The smallest absolute Gasteiger partial charge is 0.335 e. The molecular weight excluding hydrogens is 404 g/mol. The summed E-state index contributed by atoms with van der Waals surface area (Å²) in [5, 5.41) is 9.58. The van der Waals surface area contributed by atoms with Crippen LogP contribution >= 0.6 is 0 Å². The van der Waals surface area contributed by atoms with Crippen molar-refractivity contribution in [3.63, 3.8) is 0 Å². The van der Waals surface area contributed by atoms with Crippen LogP contribution in [-0.4, -0.2) is 49.5 Å². The lowest BCUT2D eigenvalue weighted by atomic mass is 9.99. The van der Waals surface area contributed by atoms with Gasteiger partial charge >= 0.3 is 5.97 Å². The Morgan fingerprint density at radius 1 is 1.07 bits per heavy atom. The van der Waals surface area contributed by atoms with Crippen molar-refractivity contribution >= 4 is 16.0 Å². The summed E-state index contributed by atoms with van der Waals surface area (Å²) < 4.78 is 33.8. The molecule has 0 bridgehead atoms. The highest BCUT2D eigenvalue weighted by atomic mass is 32.2. The lowest BCUT2D eigenvalue weighted by molar-refractivity contribution is 0.0696. The molecule has 2 heterocycles. The number of nitrogens with zero attached hydrogens (tertiary/aromatic N) is 1. The van der Waals surface area contributed by atoms with Gasteiger partial charge in [0.2, 0.25) is 10.0 Å². The van der Waals surface area contributed by atoms with Crippen molar-refractivity contribution in [1.29, 1.82) is 0 Å². The number of hydrogen-bond acceptors (Lipinski definition) is 5. The number of carboxylic acids is 1. The van der Waals surface area contributed by atoms with E-state index in [1.807, 2.05) is 18.2 Å². The molecule has 1 unspecified atom stereocenters. The molecule has 3 N–H and O–H groups in total. The second-order valence-electron chi connectivity index (χ2n) is 7.87. The van der Waals surface area contributed by atoms with Crippen LogP contribution in [0.25, 0.3) is 11.1 Å². The molecule has 160 valence electrons. The van der Waals surface area contributed by atoms with Gasteiger partial charge in [-0.25, -0.2) is 13.2 Å². The normalized spacial score (nSPS) is 19.7. The molecule has 0 aromatic heterocycles. The summed E-state index contributed by atoms with van der Waals surface area (Å²) in [5.74, 6) is -0.391. The zero-order valence-corrected chi connectivity index (χ0v) is 17.5. The average Bonchev–Trinajstić information content (AvgIpc) is 2.95. The lowest BCUT2D eigenvalue weighted by Crippen LogP contribution is -2.32.